The minimum Gasteiger partial charge on any atom is -0.453 e. The van der Waals surface area contributed by atoms with E-state index in [0.717, 1.165) is 0 Å². The summed E-state index contributed by atoms with van der Waals surface area (Å²) in [5.41, 5.74) is 0. The molecule has 0 atom stereocenters. The Bertz CT molecular complexity index is 51.4. The quantitative estimate of drug-likeness (QED) is 0.454. The molecule has 0 saturated heterocycles. The average molecular weight is 152 g/mol. The van der Waals surface area contributed by atoms with E-state index in [1.807, 2.05) is 0 Å². The summed E-state index contributed by atoms with van der Waals surface area (Å²) >= 11 is 4.07. The van der Waals surface area contributed by atoms with Crippen molar-refractivity contribution in [2.24, 2.45) is 0 Å². The van der Waals surface area contributed by atoms with Crippen molar-refractivity contribution in [3.8, 4) is 0 Å². The van der Waals surface area contributed by atoms with Gasteiger partial charge in [0, 0.05) is 0 Å². The molecule has 0 fully saturated rings. The summed E-state index contributed by atoms with van der Waals surface area (Å²) in [6.45, 7) is 6.53. The molecule has 0 spiro atoms. The molecule has 0 saturated carbocycles. The molecule has 0 aliphatic rings. The highest BCUT2D eigenvalue weighted by atomic mass is 32.3. The van der Waals surface area contributed by atoms with Crippen LogP contribution in [-0.4, -0.2) is 17.2 Å². The maximum atomic E-state index is 5.37. The van der Waals surface area contributed by atoms with E-state index in [1.54, 1.807) is 0 Å². The van der Waals surface area contributed by atoms with E-state index in [-0.39, 0.29) is 0 Å². The van der Waals surface area contributed by atoms with E-state index in [9.17, 15) is 0 Å². The maximum Gasteiger partial charge on any atom is 0.206 e. The second-order valence-corrected chi connectivity index (χ2v) is 8.80. The fraction of sp³-hybridized carbons (Fsp3) is 1.00. The van der Waals surface area contributed by atoms with Crippen molar-refractivity contribution in [1.82, 2.24) is 0 Å². The lowest BCUT2D eigenvalue weighted by atomic mass is 11.8. The van der Waals surface area contributed by atoms with E-state index >= 15 is 0 Å². The van der Waals surface area contributed by atoms with Crippen LogP contribution in [0, 0.1) is 0 Å². The third-order valence-corrected chi connectivity index (χ3v) is 5.64. The van der Waals surface area contributed by atoms with E-state index < -0.39 is 17.2 Å². The first-order chi connectivity index (χ1) is 3.06. The lowest BCUT2D eigenvalue weighted by Gasteiger charge is -2.14. The number of thiol groups is 1. The highest BCUT2D eigenvalue weighted by Gasteiger charge is 2.10. The first-order valence-corrected chi connectivity index (χ1v) is 8.82. The van der Waals surface area contributed by atoms with Crippen LogP contribution in [0.4, 0.5) is 0 Å². The SMILES string of the molecule is C[Si](C)(C)O[SiH2]S. The second kappa shape index (κ2) is 2.91. The molecule has 0 aliphatic heterocycles. The molecule has 0 aromatic rings. The van der Waals surface area contributed by atoms with Crippen LogP contribution in [0.15, 0.2) is 0 Å². The summed E-state index contributed by atoms with van der Waals surface area (Å²) < 4.78 is 5.37. The van der Waals surface area contributed by atoms with Crippen molar-refractivity contribution in [2.75, 3.05) is 0 Å². The minimum atomic E-state index is -1.17. The third-order valence-electron chi connectivity index (χ3n) is 0.498. The molecule has 7 heavy (non-hydrogen) atoms. The largest absolute Gasteiger partial charge is 0.453 e. The topological polar surface area (TPSA) is 9.23 Å². The molecule has 0 N–H and O–H groups in total. The molecular weight excluding hydrogens is 140 g/mol. The van der Waals surface area contributed by atoms with Gasteiger partial charge in [0.05, 0.1) is 0 Å². The van der Waals surface area contributed by atoms with Gasteiger partial charge in [-0.1, -0.05) is 0 Å². The van der Waals surface area contributed by atoms with Crippen molar-refractivity contribution in [1.29, 1.82) is 0 Å². The Labute approximate surface area is 53.6 Å². The number of hydrogen-bond acceptors (Lipinski definition) is 2. The number of hydrogen-bond donors (Lipinski definition) is 1. The van der Waals surface area contributed by atoms with Crippen LogP contribution in [0.2, 0.25) is 19.6 Å². The Hall–Kier alpha value is 0.744. The van der Waals surface area contributed by atoms with Crippen molar-refractivity contribution < 1.29 is 4.12 Å². The Morgan fingerprint density at radius 2 is 1.86 bits per heavy atom. The zero-order valence-corrected chi connectivity index (χ0v) is 8.37. The second-order valence-electron chi connectivity index (χ2n) is 2.39. The van der Waals surface area contributed by atoms with Crippen molar-refractivity contribution in [3.63, 3.8) is 0 Å². The molecule has 0 radical (unpaired) electrons. The molecule has 0 bridgehead atoms. The lowest BCUT2D eigenvalue weighted by Crippen LogP contribution is -2.25. The monoisotopic (exact) mass is 152 g/mol. The molecule has 0 aromatic heterocycles. The van der Waals surface area contributed by atoms with Crippen molar-refractivity contribution in [2.45, 2.75) is 19.6 Å². The molecule has 0 rings (SSSR count). The van der Waals surface area contributed by atoms with Crippen LogP contribution in [0.1, 0.15) is 0 Å². The first kappa shape index (κ1) is 7.74. The fourth-order valence-corrected chi connectivity index (χ4v) is 5.23. The van der Waals surface area contributed by atoms with Gasteiger partial charge in [0.1, 0.15) is 0 Å². The Morgan fingerprint density at radius 3 is 1.86 bits per heavy atom. The Kier molecular flexibility index (Phi) is 3.22. The fourth-order valence-electron chi connectivity index (χ4n) is 0.194. The predicted molar refractivity (Wildman–Crippen MR) is 42.0 cm³/mol. The zero-order chi connectivity index (χ0) is 5.91. The zero-order valence-electron chi connectivity index (χ0n) is 5.06. The first-order valence-electron chi connectivity index (χ1n) is 2.31. The summed E-state index contributed by atoms with van der Waals surface area (Å²) in [5, 5.41) is 0. The number of rotatable bonds is 2. The summed E-state index contributed by atoms with van der Waals surface area (Å²) in [6.07, 6.45) is 0. The van der Waals surface area contributed by atoms with Crippen LogP contribution in [0.3, 0.4) is 0 Å². The van der Waals surface area contributed by atoms with Crippen molar-refractivity contribution >= 4 is 29.3 Å². The standard InChI is InChI=1S/C3H12OSSi2/c1-7(2,3)4-6-5/h5H,6H2,1-3H3. The lowest BCUT2D eigenvalue weighted by molar-refractivity contribution is 0.615. The van der Waals surface area contributed by atoms with Gasteiger partial charge in [-0.15, -0.1) is 0 Å². The molecule has 0 aliphatic carbocycles. The van der Waals surface area contributed by atoms with Crippen LogP contribution in [0.5, 0.6) is 0 Å². The van der Waals surface area contributed by atoms with Gasteiger partial charge in [0.25, 0.3) is 0 Å². The predicted octanol–water partition coefficient (Wildman–Crippen LogP) is 0.766. The van der Waals surface area contributed by atoms with Gasteiger partial charge >= 0.3 is 0 Å². The highest BCUT2D eigenvalue weighted by molar-refractivity contribution is 8.06. The van der Waals surface area contributed by atoms with Gasteiger partial charge in [-0.25, -0.2) is 0 Å². The van der Waals surface area contributed by atoms with E-state index in [4.69, 9.17) is 4.12 Å². The smallest absolute Gasteiger partial charge is 0.206 e. The molecule has 0 unspecified atom stereocenters. The van der Waals surface area contributed by atoms with Gasteiger partial charge < -0.3 is 4.12 Å². The third kappa shape index (κ3) is 6.74. The molecule has 4 heteroatoms. The minimum absolute atomic E-state index is 0.434. The van der Waals surface area contributed by atoms with Crippen LogP contribution >= 0.6 is 12.1 Å². The van der Waals surface area contributed by atoms with Gasteiger partial charge in [-0.2, -0.15) is 12.1 Å². The Balaban J connectivity index is 3.15. The summed E-state index contributed by atoms with van der Waals surface area (Å²) in [4.78, 5) is 0. The van der Waals surface area contributed by atoms with Gasteiger partial charge in [-0.3, -0.25) is 0 Å². The van der Waals surface area contributed by atoms with Crippen LogP contribution in [-0.2, 0) is 4.12 Å². The molecule has 0 amide bonds. The summed E-state index contributed by atoms with van der Waals surface area (Å²) in [5.74, 6) is 0. The molecule has 44 valence electrons. The van der Waals surface area contributed by atoms with E-state index in [0.29, 0.717) is 0 Å². The normalized spacial score (nSPS) is 13.7. The molecule has 0 aromatic carbocycles. The Morgan fingerprint density at radius 1 is 1.43 bits per heavy atom. The van der Waals surface area contributed by atoms with Gasteiger partial charge in [0.2, 0.25) is 8.91 Å². The van der Waals surface area contributed by atoms with E-state index in [2.05, 4.69) is 31.7 Å². The van der Waals surface area contributed by atoms with Crippen LogP contribution in [0.25, 0.3) is 0 Å². The summed E-state index contributed by atoms with van der Waals surface area (Å²) in [6, 6.07) is 0. The van der Waals surface area contributed by atoms with Crippen molar-refractivity contribution in [3.05, 3.63) is 0 Å². The molecule has 0 heterocycles. The van der Waals surface area contributed by atoms with Gasteiger partial charge in [0.15, 0.2) is 8.32 Å². The average Bonchev–Trinajstić information content (AvgIpc) is 1.30. The van der Waals surface area contributed by atoms with Crippen LogP contribution < -0.4 is 0 Å². The molecule has 1 nitrogen and oxygen atoms in total. The molecular formula is C3H12OSSi2. The highest BCUT2D eigenvalue weighted by Crippen LogP contribution is 2.00. The summed E-state index contributed by atoms with van der Waals surface area (Å²) in [7, 11) is -1.61. The maximum absolute atomic E-state index is 5.37. The van der Waals surface area contributed by atoms with E-state index in [1.165, 1.54) is 0 Å². The van der Waals surface area contributed by atoms with Gasteiger partial charge in [-0.05, 0) is 19.6 Å².